The van der Waals surface area contributed by atoms with Crippen LogP contribution in [0.15, 0.2) is 42.5 Å². The molecule has 3 nitrogen and oxygen atoms in total. The second-order valence-corrected chi connectivity index (χ2v) is 7.82. The summed E-state index contributed by atoms with van der Waals surface area (Å²) in [5, 5.41) is 0. The van der Waals surface area contributed by atoms with Gasteiger partial charge in [-0.05, 0) is 83.2 Å². The molecule has 0 aliphatic carbocycles. The van der Waals surface area contributed by atoms with Crippen LogP contribution in [0.5, 0.6) is 11.5 Å². The molecular formula is C21H25IO3. The van der Waals surface area contributed by atoms with E-state index in [0.717, 1.165) is 36.5 Å². The lowest BCUT2D eigenvalue weighted by atomic mass is 10.0. The molecule has 2 aromatic rings. The molecule has 0 aromatic heterocycles. The standard InChI is InChI=1S/C21H25IO3/c1-15(2)18-7-3-4-8-20(18)25-17-10-11-19(22)16(13-17)14-24-21-9-5-6-12-23-21/h3-4,7-8,10-11,13,15,21H,5-6,9,12,14H2,1-2H3. The van der Waals surface area contributed by atoms with E-state index in [1.54, 1.807) is 0 Å². The van der Waals surface area contributed by atoms with E-state index < -0.39 is 0 Å². The summed E-state index contributed by atoms with van der Waals surface area (Å²) in [6.45, 7) is 5.71. The van der Waals surface area contributed by atoms with E-state index in [9.17, 15) is 0 Å². The highest BCUT2D eigenvalue weighted by molar-refractivity contribution is 14.1. The molecule has 1 atom stereocenters. The van der Waals surface area contributed by atoms with Crippen LogP contribution in [0.4, 0.5) is 0 Å². The summed E-state index contributed by atoms with van der Waals surface area (Å²) in [7, 11) is 0. The zero-order valence-corrected chi connectivity index (χ0v) is 17.0. The van der Waals surface area contributed by atoms with Crippen LogP contribution in [-0.4, -0.2) is 12.9 Å². The summed E-state index contributed by atoms with van der Waals surface area (Å²) in [6.07, 6.45) is 3.22. The fourth-order valence-electron chi connectivity index (χ4n) is 2.93. The number of para-hydroxylation sites is 1. The monoisotopic (exact) mass is 452 g/mol. The Kier molecular flexibility index (Phi) is 6.73. The van der Waals surface area contributed by atoms with Gasteiger partial charge in [-0.15, -0.1) is 0 Å². The molecule has 1 unspecified atom stereocenters. The highest BCUT2D eigenvalue weighted by Gasteiger charge is 2.15. The zero-order chi connectivity index (χ0) is 17.6. The zero-order valence-electron chi connectivity index (χ0n) is 14.8. The van der Waals surface area contributed by atoms with Crippen LogP contribution in [0.3, 0.4) is 0 Å². The van der Waals surface area contributed by atoms with E-state index in [0.29, 0.717) is 12.5 Å². The van der Waals surface area contributed by atoms with E-state index in [4.69, 9.17) is 14.2 Å². The van der Waals surface area contributed by atoms with Crippen molar-refractivity contribution in [3.63, 3.8) is 0 Å². The van der Waals surface area contributed by atoms with Crippen LogP contribution < -0.4 is 4.74 Å². The Hall–Kier alpha value is -1.11. The Morgan fingerprint density at radius 3 is 2.76 bits per heavy atom. The second kappa shape index (κ2) is 9.01. The van der Waals surface area contributed by atoms with Gasteiger partial charge in [0.05, 0.1) is 6.61 Å². The average Bonchev–Trinajstić information content (AvgIpc) is 2.63. The molecule has 0 bridgehead atoms. The van der Waals surface area contributed by atoms with Gasteiger partial charge in [-0.25, -0.2) is 0 Å². The highest BCUT2D eigenvalue weighted by Crippen LogP contribution is 2.31. The van der Waals surface area contributed by atoms with Gasteiger partial charge >= 0.3 is 0 Å². The first-order valence-electron chi connectivity index (χ1n) is 8.92. The third-order valence-electron chi connectivity index (χ3n) is 4.35. The molecule has 3 rings (SSSR count). The first-order valence-corrected chi connectivity index (χ1v) is 10.00. The third kappa shape index (κ3) is 5.19. The van der Waals surface area contributed by atoms with Crippen molar-refractivity contribution >= 4 is 22.6 Å². The topological polar surface area (TPSA) is 27.7 Å². The van der Waals surface area contributed by atoms with Crippen LogP contribution >= 0.6 is 22.6 Å². The van der Waals surface area contributed by atoms with E-state index in [1.165, 1.54) is 15.6 Å². The minimum atomic E-state index is -0.0733. The van der Waals surface area contributed by atoms with E-state index in [-0.39, 0.29) is 6.29 Å². The molecule has 1 aliphatic rings. The van der Waals surface area contributed by atoms with Crippen molar-refractivity contribution < 1.29 is 14.2 Å². The SMILES string of the molecule is CC(C)c1ccccc1Oc1ccc(I)c(COC2CCCCO2)c1. The maximum Gasteiger partial charge on any atom is 0.158 e. The van der Waals surface area contributed by atoms with Crippen LogP contribution in [-0.2, 0) is 16.1 Å². The van der Waals surface area contributed by atoms with Gasteiger partial charge in [0.2, 0.25) is 0 Å². The molecule has 1 heterocycles. The summed E-state index contributed by atoms with van der Waals surface area (Å²) in [4.78, 5) is 0. The van der Waals surface area contributed by atoms with Crippen molar-refractivity contribution in [3.8, 4) is 11.5 Å². The Bertz CT molecular complexity index is 693. The van der Waals surface area contributed by atoms with E-state index >= 15 is 0 Å². The summed E-state index contributed by atoms with van der Waals surface area (Å²) in [5.74, 6) is 2.18. The lowest BCUT2D eigenvalue weighted by Crippen LogP contribution is -2.22. The molecule has 0 saturated carbocycles. The predicted octanol–water partition coefficient (Wildman–Crippen LogP) is 6.25. The lowest BCUT2D eigenvalue weighted by Gasteiger charge is -2.23. The summed E-state index contributed by atoms with van der Waals surface area (Å²) >= 11 is 2.34. The summed E-state index contributed by atoms with van der Waals surface area (Å²) < 4.78 is 18.9. The van der Waals surface area contributed by atoms with Gasteiger partial charge in [-0.3, -0.25) is 0 Å². The minimum absolute atomic E-state index is 0.0733. The Morgan fingerprint density at radius 2 is 2.00 bits per heavy atom. The van der Waals surface area contributed by atoms with Gasteiger partial charge in [-0.2, -0.15) is 0 Å². The second-order valence-electron chi connectivity index (χ2n) is 6.65. The molecule has 1 saturated heterocycles. The number of rotatable bonds is 6. The maximum absolute atomic E-state index is 6.17. The number of ether oxygens (including phenoxy) is 3. The minimum Gasteiger partial charge on any atom is -0.457 e. The molecule has 0 spiro atoms. The maximum atomic E-state index is 6.17. The number of hydrogen-bond donors (Lipinski definition) is 0. The number of hydrogen-bond acceptors (Lipinski definition) is 3. The Labute approximate surface area is 163 Å². The fourth-order valence-corrected chi connectivity index (χ4v) is 3.42. The number of halogens is 1. The van der Waals surface area contributed by atoms with Crippen LogP contribution in [0.1, 0.15) is 50.2 Å². The van der Waals surface area contributed by atoms with Crippen LogP contribution in [0.2, 0.25) is 0 Å². The molecule has 0 radical (unpaired) electrons. The van der Waals surface area contributed by atoms with Gasteiger partial charge in [0, 0.05) is 10.2 Å². The van der Waals surface area contributed by atoms with Crippen molar-refractivity contribution in [1.82, 2.24) is 0 Å². The first kappa shape index (κ1) is 18.7. The summed E-state index contributed by atoms with van der Waals surface area (Å²) in [6, 6.07) is 14.4. The molecule has 1 aliphatic heterocycles. The van der Waals surface area contributed by atoms with Gasteiger partial charge in [0.15, 0.2) is 6.29 Å². The average molecular weight is 452 g/mol. The molecule has 0 amide bonds. The van der Waals surface area contributed by atoms with Crippen molar-refractivity contribution in [2.45, 2.75) is 51.9 Å². The Morgan fingerprint density at radius 1 is 1.16 bits per heavy atom. The summed E-state index contributed by atoms with van der Waals surface area (Å²) in [5.41, 5.74) is 2.35. The van der Waals surface area contributed by atoms with Crippen molar-refractivity contribution in [1.29, 1.82) is 0 Å². The smallest absolute Gasteiger partial charge is 0.158 e. The molecule has 0 N–H and O–H groups in total. The van der Waals surface area contributed by atoms with Crippen molar-refractivity contribution in [2.24, 2.45) is 0 Å². The molecule has 2 aromatic carbocycles. The lowest BCUT2D eigenvalue weighted by molar-refractivity contribution is -0.169. The predicted molar refractivity (Wildman–Crippen MR) is 108 cm³/mol. The third-order valence-corrected chi connectivity index (χ3v) is 5.40. The fraction of sp³-hybridized carbons (Fsp3) is 0.429. The van der Waals surface area contributed by atoms with Crippen LogP contribution in [0, 0.1) is 3.57 Å². The molecule has 134 valence electrons. The molecular weight excluding hydrogens is 427 g/mol. The first-order chi connectivity index (χ1) is 12.1. The van der Waals surface area contributed by atoms with Crippen molar-refractivity contribution in [2.75, 3.05) is 6.61 Å². The van der Waals surface area contributed by atoms with Gasteiger partial charge in [0.1, 0.15) is 11.5 Å². The van der Waals surface area contributed by atoms with Crippen molar-refractivity contribution in [3.05, 3.63) is 57.2 Å². The Balaban J connectivity index is 1.71. The van der Waals surface area contributed by atoms with Gasteiger partial charge < -0.3 is 14.2 Å². The van der Waals surface area contributed by atoms with Gasteiger partial charge in [-0.1, -0.05) is 32.0 Å². The molecule has 4 heteroatoms. The molecule has 1 fully saturated rings. The van der Waals surface area contributed by atoms with Gasteiger partial charge in [0.25, 0.3) is 0 Å². The quantitative estimate of drug-likeness (QED) is 0.485. The largest absolute Gasteiger partial charge is 0.457 e. The highest BCUT2D eigenvalue weighted by atomic mass is 127. The molecule has 25 heavy (non-hydrogen) atoms. The number of benzene rings is 2. The van der Waals surface area contributed by atoms with E-state index in [2.05, 4.69) is 60.7 Å². The van der Waals surface area contributed by atoms with Crippen LogP contribution in [0.25, 0.3) is 0 Å². The normalized spacial score (nSPS) is 17.7. The van der Waals surface area contributed by atoms with E-state index in [1.807, 2.05) is 18.2 Å².